The fourth-order valence-corrected chi connectivity index (χ4v) is 2.44. The maximum atomic E-state index is 13.7. The molecule has 2 aromatic carbocycles. The second kappa shape index (κ2) is 7.74. The summed E-state index contributed by atoms with van der Waals surface area (Å²) in [6.45, 7) is 4.00. The van der Waals surface area contributed by atoms with Crippen molar-refractivity contribution in [2.45, 2.75) is 13.8 Å². The van der Waals surface area contributed by atoms with E-state index < -0.39 is 11.6 Å². The van der Waals surface area contributed by atoms with Gasteiger partial charge in [-0.25, -0.2) is 13.8 Å². The van der Waals surface area contributed by atoms with Gasteiger partial charge in [-0.2, -0.15) is 5.10 Å². The Bertz CT molecular complexity index is 1020. The number of H-pyrrole nitrogens is 1. The van der Waals surface area contributed by atoms with Crippen molar-refractivity contribution in [1.82, 2.24) is 15.2 Å². The molecule has 0 unspecified atom stereocenters. The molecule has 0 bridgehead atoms. The lowest BCUT2D eigenvalue weighted by molar-refractivity contribution is 0.424. The smallest absolute Gasteiger partial charge is 0.221 e. The third-order valence-electron chi connectivity index (χ3n) is 3.58. The quantitative estimate of drug-likeness (QED) is 0.512. The van der Waals surface area contributed by atoms with Crippen molar-refractivity contribution in [1.29, 1.82) is 0 Å². The first-order valence-electron chi connectivity index (χ1n) is 8.23. The summed E-state index contributed by atoms with van der Waals surface area (Å²) in [6, 6.07) is 14.4. The Hall–Kier alpha value is -3.28. The number of nitrogens with one attached hydrogen (secondary N) is 1. The van der Waals surface area contributed by atoms with Crippen LogP contribution in [0.1, 0.15) is 13.8 Å². The molecule has 2 heterocycles. The van der Waals surface area contributed by atoms with Gasteiger partial charge in [-0.15, -0.1) is 0 Å². The number of hydrogen-bond donors (Lipinski definition) is 1. The van der Waals surface area contributed by atoms with Crippen molar-refractivity contribution in [3.05, 3.63) is 72.4 Å². The molecule has 0 atom stereocenters. The molecule has 0 saturated heterocycles. The summed E-state index contributed by atoms with van der Waals surface area (Å²) < 4.78 is 32.0. The number of hydrogen-bond acceptors (Lipinski definition) is 3. The highest BCUT2D eigenvalue weighted by Crippen LogP contribution is 2.29. The summed E-state index contributed by atoms with van der Waals surface area (Å²) in [5.41, 5.74) is 2.45. The van der Waals surface area contributed by atoms with Crippen LogP contribution < -0.4 is 4.74 Å². The molecule has 1 N–H and O–H groups in total. The van der Waals surface area contributed by atoms with Crippen molar-refractivity contribution >= 4 is 10.9 Å². The highest BCUT2D eigenvalue weighted by atomic mass is 19.1. The molecule has 4 nitrogen and oxygen atoms in total. The Morgan fingerprint density at radius 3 is 2.46 bits per heavy atom. The van der Waals surface area contributed by atoms with Gasteiger partial charge in [0.05, 0.1) is 5.52 Å². The van der Waals surface area contributed by atoms with Crippen LogP contribution in [0.4, 0.5) is 8.78 Å². The third kappa shape index (κ3) is 3.54. The minimum atomic E-state index is -0.786. The fraction of sp³-hybridized carbons (Fsp3) is 0.100. The molecule has 26 heavy (non-hydrogen) atoms. The van der Waals surface area contributed by atoms with Crippen LogP contribution in [0.3, 0.4) is 0 Å². The molecule has 0 fully saturated rings. The van der Waals surface area contributed by atoms with E-state index in [2.05, 4.69) is 15.2 Å². The Morgan fingerprint density at radius 1 is 0.962 bits per heavy atom. The van der Waals surface area contributed by atoms with Crippen LogP contribution >= 0.6 is 0 Å². The van der Waals surface area contributed by atoms with E-state index >= 15 is 0 Å². The van der Waals surface area contributed by atoms with Crippen LogP contribution in [0, 0.1) is 11.6 Å². The van der Waals surface area contributed by atoms with E-state index in [-0.39, 0.29) is 11.6 Å². The Kier molecular flexibility index (Phi) is 5.22. The van der Waals surface area contributed by atoms with Crippen molar-refractivity contribution in [3.8, 4) is 22.9 Å². The Balaban J connectivity index is 0.000000948. The second-order valence-electron chi connectivity index (χ2n) is 5.18. The van der Waals surface area contributed by atoms with Gasteiger partial charge in [0.25, 0.3) is 0 Å². The summed E-state index contributed by atoms with van der Waals surface area (Å²) in [5, 5.41) is 8.04. The summed E-state index contributed by atoms with van der Waals surface area (Å²) in [4.78, 5) is 4.18. The van der Waals surface area contributed by atoms with E-state index in [0.717, 1.165) is 28.8 Å². The van der Waals surface area contributed by atoms with Gasteiger partial charge in [-0.3, -0.25) is 5.10 Å². The number of halogens is 2. The van der Waals surface area contributed by atoms with Crippen molar-refractivity contribution < 1.29 is 13.5 Å². The molecule has 132 valence electrons. The fourth-order valence-electron chi connectivity index (χ4n) is 2.44. The second-order valence-corrected chi connectivity index (χ2v) is 5.18. The molecule has 6 heteroatoms. The molecule has 0 radical (unpaired) electrons. The number of benzene rings is 2. The van der Waals surface area contributed by atoms with Gasteiger partial charge in [0.1, 0.15) is 11.5 Å². The monoisotopic (exact) mass is 353 g/mol. The number of aromatic nitrogens is 3. The predicted octanol–water partition coefficient (Wildman–Crippen LogP) is 5.72. The molecular weight excluding hydrogens is 336 g/mol. The zero-order chi connectivity index (χ0) is 18.5. The Labute approximate surface area is 149 Å². The Morgan fingerprint density at radius 2 is 1.73 bits per heavy atom. The van der Waals surface area contributed by atoms with Crippen LogP contribution in [0.2, 0.25) is 0 Å². The molecule has 0 aliphatic heterocycles. The largest absolute Gasteiger partial charge is 0.436 e. The van der Waals surface area contributed by atoms with E-state index in [9.17, 15) is 8.78 Å². The van der Waals surface area contributed by atoms with E-state index in [4.69, 9.17) is 4.74 Å². The summed E-state index contributed by atoms with van der Waals surface area (Å²) in [6.07, 6.45) is 1.61. The topological polar surface area (TPSA) is 50.8 Å². The summed E-state index contributed by atoms with van der Waals surface area (Å²) in [5.74, 6) is -1.35. The average Bonchev–Trinajstić information content (AvgIpc) is 3.10. The van der Waals surface area contributed by atoms with E-state index in [1.807, 2.05) is 44.2 Å². The maximum Gasteiger partial charge on any atom is 0.221 e. The van der Waals surface area contributed by atoms with Crippen LogP contribution in [-0.2, 0) is 0 Å². The van der Waals surface area contributed by atoms with Crippen molar-refractivity contribution in [3.63, 3.8) is 0 Å². The summed E-state index contributed by atoms with van der Waals surface area (Å²) >= 11 is 0. The van der Waals surface area contributed by atoms with Crippen molar-refractivity contribution in [2.24, 2.45) is 0 Å². The number of nitrogens with zero attached hydrogens (tertiary/aromatic N) is 2. The van der Waals surface area contributed by atoms with E-state index in [0.29, 0.717) is 5.52 Å². The van der Waals surface area contributed by atoms with Gasteiger partial charge < -0.3 is 4.74 Å². The minimum absolute atomic E-state index is 0.0916. The first-order valence-corrected chi connectivity index (χ1v) is 8.23. The zero-order valence-corrected chi connectivity index (χ0v) is 14.3. The van der Waals surface area contributed by atoms with Crippen LogP contribution in [0.5, 0.6) is 11.6 Å². The number of ether oxygens (including phenoxy) is 1. The zero-order valence-electron chi connectivity index (χ0n) is 14.3. The average molecular weight is 353 g/mol. The van der Waals surface area contributed by atoms with Gasteiger partial charge in [0.2, 0.25) is 5.88 Å². The van der Waals surface area contributed by atoms with Crippen molar-refractivity contribution in [2.75, 3.05) is 0 Å². The van der Waals surface area contributed by atoms with Crippen LogP contribution in [0.25, 0.3) is 22.2 Å². The van der Waals surface area contributed by atoms with E-state index in [1.54, 1.807) is 12.3 Å². The minimum Gasteiger partial charge on any atom is -0.436 e. The van der Waals surface area contributed by atoms with Gasteiger partial charge in [0.15, 0.2) is 11.6 Å². The highest BCUT2D eigenvalue weighted by Gasteiger charge is 2.11. The first kappa shape index (κ1) is 17.5. The number of rotatable bonds is 3. The van der Waals surface area contributed by atoms with E-state index in [1.165, 1.54) is 6.07 Å². The SMILES string of the molecule is CC.Fc1ccc(Oc2cc3[nH]nc(-c4ccccc4)c3cn2)c(F)c1. The van der Waals surface area contributed by atoms with Crippen LogP contribution in [0.15, 0.2) is 60.8 Å². The number of fused-ring (bicyclic) bond motifs is 1. The molecular formula is C20H17F2N3O. The lowest BCUT2D eigenvalue weighted by Crippen LogP contribution is -1.91. The normalized spacial score (nSPS) is 10.3. The predicted molar refractivity (Wildman–Crippen MR) is 97.1 cm³/mol. The van der Waals surface area contributed by atoms with Gasteiger partial charge in [-0.1, -0.05) is 44.2 Å². The number of aromatic amines is 1. The first-order chi connectivity index (χ1) is 12.7. The van der Waals surface area contributed by atoms with Crippen LogP contribution in [-0.4, -0.2) is 15.2 Å². The molecule has 2 aromatic heterocycles. The molecule has 4 rings (SSSR count). The molecule has 4 aromatic rings. The summed E-state index contributed by atoms with van der Waals surface area (Å²) in [7, 11) is 0. The standard InChI is InChI=1S/C18H11F2N3O.C2H6/c19-12-6-7-16(14(20)8-12)24-17-9-15-13(10-21-17)18(23-22-15)11-4-2-1-3-5-11;1-2/h1-10H,(H,22,23);1-2H3. The lowest BCUT2D eigenvalue weighted by atomic mass is 10.1. The van der Waals surface area contributed by atoms with Gasteiger partial charge >= 0.3 is 0 Å². The maximum absolute atomic E-state index is 13.7. The van der Waals surface area contributed by atoms with Gasteiger partial charge in [-0.05, 0) is 12.1 Å². The molecule has 0 aliphatic carbocycles. The number of pyridine rings is 1. The highest BCUT2D eigenvalue weighted by molar-refractivity contribution is 5.92. The lowest BCUT2D eigenvalue weighted by Gasteiger charge is -2.05. The molecule has 0 saturated carbocycles. The van der Waals surface area contributed by atoms with Gasteiger partial charge in [0, 0.05) is 29.3 Å². The molecule has 0 spiro atoms. The third-order valence-corrected chi connectivity index (χ3v) is 3.58. The molecule has 0 aliphatic rings. The molecule has 0 amide bonds.